The number of hydrogen-bond donors (Lipinski definition) is 0. The van der Waals surface area contributed by atoms with Crippen molar-refractivity contribution in [2.75, 3.05) is 4.90 Å². The summed E-state index contributed by atoms with van der Waals surface area (Å²) < 4.78 is 2.45. The van der Waals surface area contributed by atoms with Crippen molar-refractivity contribution in [3.8, 4) is 16.8 Å². The van der Waals surface area contributed by atoms with Crippen molar-refractivity contribution < 1.29 is 0 Å². The summed E-state index contributed by atoms with van der Waals surface area (Å²) in [5.74, 6) is 0.327. The van der Waals surface area contributed by atoms with Crippen molar-refractivity contribution in [1.82, 2.24) is 4.57 Å². The zero-order chi connectivity index (χ0) is 30.2. The first-order chi connectivity index (χ1) is 22.8. The molecule has 10 rings (SSSR count). The van der Waals surface area contributed by atoms with Crippen molar-refractivity contribution in [3.63, 3.8) is 0 Å². The van der Waals surface area contributed by atoms with Gasteiger partial charge in [0, 0.05) is 33.8 Å². The largest absolute Gasteiger partial charge is 0.333 e. The number of aromatic nitrogens is 1. The average molecular weight is 587 g/mol. The van der Waals surface area contributed by atoms with Gasteiger partial charge < -0.3 is 9.47 Å². The fraction of sp³-hybridized carbons (Fsp3) is 0.0455. The lowest BCUT2D eigenvalue weighted by Crippen LogP contribution is -2.28. The van der Waals surface area contributed by atoms with Crippen molar-refractivity contribution >= 4 is 54.7 Å². The van der Waals surface area contributed by atoms with Gasteiger partial charge in [-0.25, -0.2) is 0 Å². The van der Waals surface area contributed by atoms with Crippen LogP contribution in [0.3, 0.4) is 0 Å². The summed E-state index contributed by atoms with van der Waals surface area (Å²) in [4.78, 5) is 2.55. The molecule has 216 valence electrons. The fourth-order valence-electron chi connectivity index (χ4n) is 8.00. The van der Waals surface area contributed by atoms with Gasteiger partial charge in [-0.05, 0) is 80.7 Å². The van der Waals surface area contributed by atoms with Crippen LogP contribution in [0.4, 0.5) is 11.4 Å². The molecule has 2 nitrogen and oxygen atoms in total. The second-order valence-corrected chi connectivity index (χ2v) is 12.5. The molecule has 1 aliphatic heterocycles. The summed E-state index contributed by atoms with van der Waals surface area (Å²) in [6.07, 6.45) is 9.11. The Bertz CT molecular complexity index is 2510. The van der Waals surface area contributed by atoms with Crippen LogP contribution in [-0.4, -0.2) is 10.6 Å². The van der Waals surface area contributed by atoms with Crippen LogP contribution in [-0.2, 0) is 0 Å². The van der Waals surface area contributed by atoms with Gasteiger partial charge in [0.25, 0.3) is 0 Å². The number of para-hydroxylation sites is 3. The minimum Gasteiger partial charge on any atom is -0.333 e. The van der Waals surface area contributed by atoms with E-state index >= 15 is 0 Å². The van der Waals surface area contributed by atoms with Gasteiger partial charge in [-0.15, -0.1) is 0 Å². The van der Waals surface area contributed by atoms with Crippen LogP contribution in [0.5, 0.6) is 0 Å². The number of anilines is 2. The number of nitrogens with zero attached hydrogens (tertiary/aromatic N) is 2. The van der Waals surface area contributed by atoms with Crippen LogP contribution in [0, 0.1) is 0 Å². The molecule has 46 heavy (non-hydrogen) atoms. The second kappa shape index (κ2) is 9.82. The van der Waals surface area contributed by atoms with Crippen LogP contribution in [0.2, 0.25) is 0 Å². The van der Waals surface area contributed by atoms with E-state index in [-0.39, 0.29) is 6.04 Å². The summed E-state index contributed by atoms with van der Waals surface area (Å²) in [5, 5.41) is 7.64. The molecule has 0 bridgehead atoms. The van der Waals surface area contributed by atoms with Gasteiger partial charge >= 0.3 is 0 Å². The van der Waals surface area contributed by atoms with Gasteiger partial charge in [0.1, 0.15) is 0 Å². The molecule has 7 aromatic carbocycles. The molecule has 0 radical (unpaired) electrons. The van der Waals surface area contributed by atoms with E-state index in [1.165, 1.54) is 77.1 Å². The predicted molar refractivity (Wildman–Crippen MR) is 195 cm³/mol. The summed E-state index contributed by atoms with van der Waals surface area (Å²) in [5.41, 5.74) is 9.90. The van der Waals surface area contributed by atoms with E-state index in [0.717, 1.165) is 0 Å². The highest BCUT2D eigenvalue weighted by Crippen LogP contribution is 2.49. The molecule has 0 N–H and O–H groups in total. The maximum atomic E-state index is 2.55. The van der Waals surface area contributed by atoms with Gasteiger partial charge in [0.2, 0.25) is 0 Å². The maximum Gasteiger partial charge on any atom is 0.0629 e. The van der Waals surface area contributed by atoms with E-state index in [9.17, 15) is 0 Å². The minimum atomic E-state index is 0.226. The lowest BCUT2D eigenvalue weighted by molar-refractivity contribution is 0.744. The Morgan fingerprint density at radius 2 is 1.07 bits per heavy atom. The highest BCUT2D eigenvalue weighted by molar-refractivity contribution is 6.10. The molecule has 0 spiro atoms. The van der Waals surface area contributed by atoms with E-state index in [2.05, 4.69) is 179 Å². The second-order valence-electron chi connectivity index (χ2n) is 12.5. The zero-order valence-corrected chi connectivity index (χ0v) is 25.2. The summed E-state index contributed by atoms with van der Waals surface area (Å²) in [6.45, 7) is 0. The van der Waals surface area contributed by atoms with E-state index in [1.807, 2.05) is 0 Å². The Morgan fingerprint density at radius 1 is 0.435 bits per heavy atom. The molecule has 1 aliphatic carbocycles. The molecule has 2 unspecified atom stereocenters. The van der Waals surface area contributed by atoms with Crippen LogP contribution in [0.15, 0.2) is 170 Å². The van der Waals surface area contributed by atoms with E-state index in [1.54, 1.807) is 0 Å². The Morgan fingerprint density at radius 3 is 1.89 bits per heavy atom. The number of hydrogen-bond acceptors (Lipinski definition) is 1. The number of benzene rings is 7. The Hall–Kier alpha value is -5.86. The molecule has 2 heterocycles. The van der Waals surface area contributed by atoms with Crippen LogP contribution in [0.1, 0.15) is 11.5 Å². The first-order valence-corrected chi connectivity index (χ1v) is 16.1. The summed E-state index contributed by atoms with van der Waals surface area (Å²) >= 11 is 0. The molecule has 2 aliphatic rings. The van der Waals surface area contributed by atoms with Crippen molar-refractivity contribution in [2.45, 2.75) is 12.0 Å². The summed E-state index contributed by atoms with van der Waals surface area (Å²) in [7, 11) is 0. The van der Waals surface area contributed by atoms with Gasteiger partial charge in [-0.2, -0.15) is 0 Å². The molecule has 0 saturated heterocycles. The molecule has 0 fully saturated rings. The van der Waals surface area contributed by atoms with Crippen LogP contribution >= 0.6 is 0 Å². The minimum absolute atomic E-state index is 0.226. The normalized spacial score (nSPS) is 16.9. The molecular weight excluding hydrogens is 556 g/mol. The third-order valence-corrected chi connectivity index (χ3v) is 10.1. The Kier molecular flexibility index (Phi) is 5.44. The maximum absolute atomic E-state index is 2.55. The molecule has 0 saturated carbocycles. The fourth-order valence-corrected chi connectivity index (χ4v) is 8.00. The monoisotopic (exact) mass is 586 g/mol. The smallest absolute Gasteiger partial charge is 0.0629 e. The van der Waals surface area contributed by atoms with Gasteiger partial charge in [-0.1, -0.05) is 127 Å². The number of rotatable bonds is 3. The third kappa shape index (κ3) is 3.71. The number of allylic oxidation sites excluding steroid dienone is 2. The predicted octanol–water partition coefficient (Wildman–Crippen LogP) is 11.5. The zero-order valence-electron chi connectivity index (χ0n) is 25.2. The quantitative estimate of drug-likeness (QED) is 0.187. The highest BCUT2D eigenvalue weighted by Gasteiger charge is 2.37. The lowest BCUT2D eigenvalue weighted by atomic mass is 9.91. The third-order valence-electron chi connectivity index (χ3n) is 10.1. The first kappa shape index (κ1) is 25.5. The standard InChI is InChI=1S/C44H30N2/c1-2-12-35-29(11-1)21-22-30-23-24-31(27-40(30)35)32-25-33(45-41-17-7-3-13-36(41)37-14-4-8-18-42(37)45)28-34(26-32)46-43-19-9-5-15-38(43)39-16-6-10-20-44(39)46/h1-28,36,41H. The van der Waals surface area contributed by atoms with Crippen molar-refractivity contribution in [2.24, 2.45) is 0 Å². The molecular formula is C44H30N2. The molecule has 2 atom stereocenters. The summed E-state index contributed by atoms with van der Waals surface area (Å²) in [6, 6.07) is 54.0. The highest BCUT2D eigenvalue weighted by atomic mass is 15.2. The van der Waals surface area contributed by atoms with E-state index in [0.29, 0.717) is 5.92 Å². The molecule has 0 amide bonds. The SMILES string of the molecule is C1=CC2c3ccccc3N(c3cc(-c4ccc5ccc6ccccc6c5c4)cc(-n4c5ccccc5c5ccccc54)c3)C2C=C1. The Balaban J connectivity index is 1.27. The van der Waals surface area contributed by atoms with Gasteiger partial charge in [0.15, 0.2) is 0 Å². The van der Waals surface area contributed by atoms with Gasteiger partial charge in [-0.3, -0.25) is 0 Å². The van der Waals surface area contributed by atoms with Gasteiger partial charge in [0.05, 0.1) is 17.1 Å². The number of fused-ring (bicyclic) bond motifs is 9. The van der Waals surface area contributed by atoms with Crippen LogP contribution in [0.25, 0.3) is 60.2 Å². The lowest BCUT2D eigenvalue weighted by Gasteiger charge is -2.30. The Labute approximate surface area is 267 Å². The topological polar surface area (TPSA) is 8.17 Å². The van der Waals surface area contributed by atoms with E-state index in [4.69, 9.17) is 0 Å². The van der Waals surface area contributed by atoms with Crippen molar-refractivity contribution in [3.05, 3.63) is 175 Å². The van der Waals surface area contributed by atoms with Crippen molar-refractivity contribution in [1.29, 1.82) is 0 Å². The molecule has 2 heteroatoms. The molecule has 1 aromatic heterocycles. The van der Waals surface area contributed by atoms with Crippen LogP contribution < -0.4 is 4.90 Å². The van der Waals surface area contributed by atoms with E-state index < -0.39 is 0 Å². The first-order valence-electron chi connectivity index (χ1n) is 16.1. The molecule has 8 aromatic rings. The average Bonchev–Trinajstić information content (AvgIpc) is 3.64.